The van der Waals surface area contributed by atoms with Gasteiger partial charge in [0.1, 0.15) is 0 Å². The Labute approximate surface area is 167 Å². The van der Waals surface area contributed by atoms with E-state index < -0.39 is 27.1 Å². The Morgan fingerprint density at radius 2 is 1.68 bits per heavy atom. The van der Waals surface area contributed by atoms with Gasteiger partial charge in [0.05, 0.1) is 19.3 Å². The molecule has 0 fully saturated rings. The topological polar surface area (TPSA) is 116 Å². The summed E-state index contributed by atoms with van der Waals surface area (Å²) in [4.78, 5) is 29.1. The first-order chi connectivity index (χ1) is 13.4. The van der Waals surface area contributed by atoms with E-state index in [1.54, 1.807) is 0 Å². The minimum Gasteiger partial charge on any atom is -0.394 e. The van der Waals surface area contributed by atoms with Crippen molar-refractivity contribution in [2.75, 3.05) is 13.2 Å². The fourth-order valence-corrected chi connectivity index (χ4v) is 3.46. The number of aryl methyl sites for hydroxylation is 2. The molecule has 4 N–H and O–H groups in total. The fraction of sp³-hybridized carbons (Fsp3) is 0.650. The quantitative estimate of drug-likeness (QED) is 0.258. The first-order valence-corrected chi connectivity index (χ1v) is 11.6. The molecule has 0 unspecified atom stereocenters. The zero-order valence-corrected chi connectivity index (χ0v) is 17.6. The molecule has 1 aromatic rings. The molecule has 1 atom stereocenters. The normalized spacial score (nSPS) is 12.7. The van der Waals surface area contributed by atoms with Crippen molar-refractivity contribution in [3.8, 4) is 0 Å². The summed E-state index contributed by atoms with van der Waals surface area (Å²) in [7, 11) is -4.60. The molecule has 0 spiro atoms. The van der Waals surface area contributed by atoms with Crippen LogP contribution in [0.4, 0.5) is 0 Å². The maximum atomic E-state index is 11.8. The lowest BCUT2D eigenvalue weighted by molar-refractivity contribution is -0.122. The molecule has 0 aliphatic carbocycles. The predicted octanol–water partition coefficient (Wildman–Crippen LogP) is 3.11. The van der Waals surface area contributed by atoms with Crippen LogP contribution in [0.5, 0.6) is 0 Å². The van der Waals surface area contributed by atoms with Gasteiger partial charge in [0.25, 0.3) is 0 Å². The van der Waals surface area contributed by atoms with Gasteiger partial charge in [0.15, 0.2) is 0 Å². The van der Waals surface area contributed by atoms with E-state index in [9.17, 15) is 9.36 Å². The number of benzene rings is 1. The van der Waals surface area contributed by atoms with Crippen LogP contribution in [0.1, 0.15) is 63.0 Å². The lowest BCUT2D eigenvalue weighted by atomic mass is 9.99. The molecule has 0 aliphatic rings. The van der Waals surface area contributed by atoms with Gasteiger partial charge in [0, 0.05) is 6.42 Å². The van der Waals surface area contributed by atoms with Crippen molar-refractivity contribution in [1.29, 1.82) is 0 Å². The van der Waals surface area contributed by atoms with Crippen LogP contribution in [-0.2, 0) is 26.7 Å². The molecule has 160 valence electrons. The van der Waals surface area contributed by atoms with E-state index in [4.69, 9.17) is 14.9 Å². The van der Waals surface area contributed by atoms with E-state index in [1.807, 2.05) is 0 Å². The van der Waals surface area contributed by atoms with Crippen LogP contribution >= 0.6 is 7.82 Å². The van der Waals surface area contributed by atoms with Crippen molar-refractivity contribution < 1.29 is 28.8 Å². The lowest BCUT2D eigenvalue weighted by Gasteiger charge is -2.16. The van der Waals surface area contributed by atoms with E-state index in [2.05, 4.69) is 41.0 Å². The number of rotatable bonds is 15. The highest BCUT2D eigenvalue weighted by Crippen LogP contribution is 2.35. The largest absolute Gasteiger partial charge is 0.469 e. The number of phosphoric acid groups is 1. The first kappa shape index (κ1) is 24.8. The van der Waals surface area contributed by atoms with Crippen molar-refractivity contribution in [3.63, 3.8) is 0 Å². The van der Waals surface area contributed by atoms with Gasteiger partial charge in [-0.15, -0.1) is 0 Å². The minimum atomic E-state index is -4.60. The highest BCUT2D eigenvalue weighted by Gasteiger charge is 2.19. The van der Waals surface area contributed by atoms with Gasteiger partial charge in [-0.2, -0.15) is 0 Å². The highest BCUT2D eigenvalue weighted by molar-refractivity contribution is 7.46. The molecule has 1 aromatic carbocycles. The molecule has 28 heavy (non-hydrogen) atoms. The summed E-state index contributed by atoms with van der Waals surface area (Å²) in [6.07, 6.45) is 8.80. The minimum absolute atomic E-state index is 0.246. The van der Waals surface area contributed by atoms with E-state index in [1.165, 1.54) is 24.0 Å². The Kier molecular flexibility index (Phi) is 12.3. The first-order valence-electron chi connectivity index (χ1n) is 10.0. The second-order valence-corrected chi connectivity index (χ2v) is 8.22. The summed E-state index contributed by atoms with van der Waals surface area (Å²) in [6, 6.07) is 7.78. The maximum Gasteiger partial charge on any atom is 0.469 e. The zero-order chi connectivity index (χ0) is 20.8. The molecule has 0 aromatic heterocycles. The molecule has 0 heterocycles. The van der Waals surface area contributed by atoms with Crippen molar-refractivity contribution in [2.45, 2.75) is 70.8 Å². The van der Waals surface area contributed by atoms with E-state index >= 15 is 0 Å². The number of aliphatic hydroxyl groups excluding tert-OH is 1. The number of carbonyl (C=O) groups is 1. The van der Waals surface area contributed by atoms with Crippen LogP contribution in [0.2, 0.25) is 0 Å². The number of nitrogens with one attached hydrogen (secondary N) is 1. The Hall–Kier alpha value is -1.24. The predicted molar refractivity (Wildman–Crippen MR) is 109 cm³/mol. The van der Waals surface area contributed by atoms with Crippen molar-refractivity contribution in [1.82, 2.24) is 5.32 Å². The number of amides is 1. The van der Waals surface area contributed by atoms with Crippen LogP contribution in [-0.4, -0.2) is 40.1 Å². The number of aliphatic hydroxyl groups is 1. The molecular formula is C20H34NO6P. The maximum absolute atomic E-state index is 11.8. The van der Waals surface area contributed by atoms with Crippen molar-refractivity contribution in [3.05, 3.63) is 35.4 Å². The van der Waals surface area contributed by atoms with E-state index in [0.29, 0.717) is 6.42 Å². The summed E-state index contributed by atoms with van der Waals surface area (Å²) in [6.45, 7) is 1.32. The summed E-state index contributed by atoms with van der Waals surface area (Å²) < 4.78 is 14.9. The Morgan fingerprint density at radius 1 is 1.07 bits per heavy atom. The Bertz CT molecular complexity index is 618. The Balaban J connectivity index is 2.07. The van der Waals surface area contributed by atoms with Gasteiger partial charge in [0.2, 0.25) is 5.91 Å². The van der Waals surface area contributed by atoms with Gasteiger partial charge < -0.3 is 20.2 Å². The fourth-order valence-electron chi connectivity index (χ4n) is 3.08. The third-order valence-electron chi connectivity index (χ3n) is 4.63. The molecule has 7 nitrogen and oxygen atoms in total. The van der Waals surface area contributed by atoms with Gasteiger partial charge in [-0.05, 0) is 36.8 Å². The molecule has 0 saturated heterocycles. The molecule has 0 saturated carbocycles. The van der Waals surface area contributed by atoms with Crippen LogP contribution in [0, 0.1) is 0 Å². The zero-order valence-electron chi connectivity index (χ0n) is 16.7. The van der Waals surface area contributed by atoms with Gasteiger partial charge in [-0.3, -0.25) is 9.32 Å². The molecule has 8 heteroatoms. The van der Waals surface area contributed by atoms with Gasteiger partial charge in [-0.1, -0.05) is 56.9 Å². The molecule has 1 rings (SSSR count). The summed E-state index contributed by atoms with van der Waals surface area (Å²) in [5.74, 6) is -0.246. The van der Waals surface area contributed by atoms with E-state index in [0.717, 1.165) is 38.5 Å². The molecule has 1 amide bonds. The summed E-state index contributed by atoms with van der Waals surface area (Å²) in [5.41, 5.74) is 2.88. The van der Waals surface area contributed by atoms with Crippen molar-refractivity contribution in [2.24, 2.45) is 0 Å². The van der Waals surface area contributed by atoms with Gasteiger partial charge in [-0.25, -0.2) is 4.57 Å². The third-order valence-corrected chi connectivity index (χ3v) is 5.11. The highest BCUT2D eigenvalue weighted by atomic mass is 31.2. The van der Waals surface area contributed by atoms with Crippen LogP contribution in [0.3, 0.4) is 0 Å². The van der Waals surface area contributed by atoms with E-state index in [-0.39, 0.29) is 5.91 Å². The van der Waals surface area contributed by atoms with Crippen LogP contribution in [0.15, 0.2) is 24.3 Å². The number of phosphoric ester groups is 1. The second-order valence-electron chi connectivity index (χ2n) is 6.98. The SMILES string of the molecule is CCc1ccccc1CCCCCCCCC(=O)N[C@H](CO)COP(=O)(O)O. The van der Waals surface area contributed by atoms with Gasteiger partial charge >= 0.3 is 7.82 Å². The Morgan fingerprint density at radius 3 is 2.29 bits per heavy atom. The number of unbranched alkanes of at least 4 members (excludes halogenated alkanes) is 5. The smallest absolute Gasteiger partial charge is 0.394 e. The standard InChI is InChI=1S/C20H34NO6P/c1-2-17-11-9-10-13-18(17)12-7-5-3-4-6-8-14-20(23)21-19(15-22)16-27-28(24,25)26/h9-11,13,19,22H,2-8,12,14-16H2,1H3,(H,21,23)(H2,24,25,26)/t19-/m1/s1. The summed E-state index contributed by atoms with van der Waals surface area (Å²) >= 11 is 0. The van der Waals surface area contributed by atoms with Crippen molar-refractivity contribution >= 4 is 13.7 Å². The summed E-state index contributed by atoms with van der Waals surface area (Å²) in [5, 5.41) is 11.7. The van der Waals surface area contributed by atoms with Crippen LogP contribution < -0.4 is 5.32 Å². The molecular weight excluding hydrogens is 381 g/mol. The number of hydrogen-bond acceptors (Lipinski definition) is 4. The average Bonchev–Trinajstić information content (AvgIpc) is 2.66. The molecule has 0 radical (unpaired) electrons. The number of hydrogen-bond donors (Lipinski definition) is 4. The number of carbonyl (C=O) groups excluding carboxylic acids is 1. The monoisotopic (exact) mass is 415 g/mol. The lowest BCUT2D eigenvalue weighted by Crippen LogP contribution is -2.40. The average molecular weight is 415 g/mol. The van der Waals surface area contributed by atoms with Crippen LogP contribution in [0.25, 0.3) is 0 Å². The molecule has 0 aliphatic heterocycles. The second kappa shape index (κ2) is 13.9. The molecule has 0 bridgehead atoms. The third kappa shape index (κ3) is 11.6.